The molecule has 5 rings (SSSR count). The molecule has 4 heterocycles. The van der Waals surface area contributed by atoms with E-state index in [9.17, 15) is 9.59 Å². The van der Waals surface area contributed by atoms with Crippen LogP contribution in [0.2, 0.25) is 0 Å². The summed E-state index contributed by atoms with van der Waals surface area (Å²) >= 11 is 1.50. The minimum atomic E-state index is 0.0581. The molecule has 2 amide bonds. The number of thiophene rings is 1. The smallest absolute Gasteiger partial charge is 0.264 e. The largest absolute Gasteiger partial charge is 0.486 e. The van der Waals surface area contributed by atoms with E-state index in [4.69, 9.17) is 9.47 Å². The second-order valence-electron chi connectivity index (χ2n) is 7.05. The summed E-state index contributed by atoms with van der Waals surface area (Å²) < 4.78 is 11.2. The number of benzene rings is 1. The van der Waals surface area contributed by atoms with Gasteiger partial charge in [-0.3, -0.25) is 9.59 Å². The molecule has 0 N–H and O–H groups in total. The highest BCUT2D eigenvalue weighted by Crippen LogP contribution is 2.37. The molecule has 1 aromatic carbocycles. The average molecular weight is 384 g/mol. The summed E-state index contributed by atoms with van der Waals surface area (Å²) in [5.41, 5.74) is 1.02. The Labute approximate surface area is 161 Å². The van der Waals surface area contributed by atoms with Crippen LogP contribution in [0, 0.1) is 0 Å². The van der Waals surface area contributed by atoms with E-state index in [1.807, 2.05) is 40.1 Å². The zero-order valence-corrected chi connectivity index (χ0v) is 15.7. The number of hydrogen-bond acceptors (Lipinski definition) is 5. The quantitative estimate of drug-likeness (QED) is 0.799. The topological polar surface area (TPSA) is 59.1 Å². The second-order valence-corrected chi connectivity index (χ2v) is 8.14. The molecule has 0 saturated carbocycles. The molecule has 27 heavy (non-hydrogen) atoms. The Morgan fingerprint density at radius 3 is 2.81 bits per heavy atom. The number of amides is 2. The first-order valence-electron chi connectivity index (χ1n) is 9.27. The Morgan fingerprint density at radius 1 is 1.07 bits per heavy atom. The summed E-state index contributed by atoms with van der Waals surface area (Å²) in [6.45, 7) is 3.03. The van der Waals surface area contributed by atoms with E-state index in [0.29, 0.717) is 39.3 Å². The number of fused-ring (bicyclic) bond motifs is 2. The van der Waals surface area contributed by atoms with E-state index in [2.05, 4.69) is 0 Å². The van der Waals surface area contributed by atoms with Crippen molar-refractivity contribution in [2.75, 3.05) is 32.8 Å². The molecular weight excluding hydrogens is 364 g/mol. The summed E-state index contributed by atoms with van der Waals surface area (Å²) in [4.78, 5) is 30.3. The fourth-order valence-electron chi connectivity index (χ4n) is 4.01. The summed E-state index contributed by atoms with van der Waals surface area (Å²) in [5.74, 6) is 1.80. The third-order valence-corrected chi connectivity index (χ3v) is 6.55. The zero-order valence-electron chi connectivity index (χ0n) is 14.8. The lowest BCUT2D eigenvalue weighted by Crippen LogP contribution is -2.53. The first kappa shape index (κ1) is 16.6. The van der Waals surface area contributed by atoms with Crippen LogP contribution in [0.4, 0.5) is 0 Å². The maximum atomic E-state index is 12.9. The number of hydrogen-bond donors (Lipinski definition) is 0. The number of piperazine rings is 1. The minimum Gasteiger partial charge on any atom is -0.486 e. The lowest BCUT2D eigenvalue weighted by Gasteiger charge is -2.37. The molecule has 0 aliphatic carbocycles. The highest BCUT2D eigenvalue weighted by atomic mass is 32.1. The van der Waals surface area contributed by atoms with Gasteiger partial charge in [0.1, 0.15) is 13.2 Å². The van der Waals surface area contributed by atoms with Crippen LogP contribution < -0.4 is 9.47 Å². The molecule has 2 aromatic rings. The van der Waals surface area contributed by atoms with E-state index in [-0.39, 0.29) is 17.9 Å². The van der Waals surface area contributed by atoms with Gasteiger partial charge in [-0.15, -0.1) is 11.3 Å². The molecule has 2 fully saturated rings. The maximum Gasteiger partial charge on any atom is 0.264 e. The molecule has 3 aliphatic heterocycles. The van der Waals surface area contributed by atoms with Gasteiger partial charge >= 0.3 is 0 Å². The first-order chi connectivity index (χ1) is 13.2. The molecule has 3 aliphatic rings. The molecule has 140 valence electrons. The van der Waals surface area contributed by atoms with Crippen molar-refractivity contribution >= 4 is 23.2 Å². The van der Waals surface area contributed by atoms with Crippen LogP contribution in [0.1, 0.15) is 22.5 Å². The number of rotatable bonds is 2. The lowest BCUT2D eigenvalue weighted by atomic mass is 10.1. The first-order valence-corrected chi connectivity index (χ1v) is 10.1. The normalized spacial score (nSPS) is 21.3. The standard InChI is InChI=1S/C20H20N2O4S/c23-19-6-2-14-12-21(7-8-22(14)19)20(24)18-5-4-17(27-18)13-1-3-15-16(11-13)26-10-9-25-15/h1,3-5,11,14H,2,6-10,12H2. The summed E-state index contributed by atoms with van der Waals surface area (Å²) in [6, 6.07) is 9.95. The van der Waals surface area contributed by atoms with Gasteiger partial charge in [-0.05, 0) is 42.3 Å². The molecule has 0 bridgehead atoms. The fourth-order valence-corrected chi connectivity index (χ4v) is 4.98. The van der Waals surface area contributed by atoms with Gasteiger partial charge in [0.05, 0.1) is 4.88 Å². The molecular formula is C20H20N2O4S. The van der Waals surface area contributed by atoms with Crippen molar-refractivity contribution in [2.24, 2.45) is 0 Å². The van der Waals surface area contributed by atoms with Crippen LogP contribution in [-0.2, 0) is 4.79 Å². The van der Waals surface area contributed by atoms with E-state index in [0.717, 1.165) is 33.2 Å². The van der Waals surface area contributed by atoms with Crippen LogP contribution in [0.3, 0.4) is 0 Å². The van der Waals surface area contributed by atoms with Crippen molar-refractivity contribution in [1.29, 1.82) is 0 Å². The predicted octanol–water partition coefficient (Wildman–Crippen LogP) is 2.63. The van der Waals surface area contributed by atoms with Crippen molar-refractivity contribution in [2.45, 2.75) is 18.9 Å². The molecule has 1 unspecified atom stereocenters. The Balaban J connectivity index is 1.33. The minimum absolute atomic E-state index is 0.0581. The molecule has 0 spiro atoms. The van der Waals surface area contributed by atoms with Gasteiger partial charge in [-0.1, -0.05) is 0 Å². The summed E-state index contributed by atoms with van der Waals surface area (Å²) in [5, 5.41) is 0. The fraction of sp³-hybridized carbons (Fsp3) is 0.400. The summed E-state index contributed by atoms with van der Waals surface area (Å²) in [7, 11) is 0. The Bertz CT molecular complexity index is 909. The molecule has 1 atom stereocenters. The van der Waals surface area contributed by atoms with E-state index in [1.54, 1.807) is 0 Å². The number of ether oxygens (including phenoxy) is 2. The van der Waals surface area contributed by atoms with Crippen molar-refractivity contribution in [3.63, 3.8) is 0 Å². The van der Waals surface area contributed by atoms with Crippen LogP contribution >= 0.6 is 11.3 Å². The van der Waals surface area contributed by atoms with Gasteiger partial charge in [0.15, 0.2) is 11.5 Å². The van der Waals surface area contributed by atoms with Crippen molar-refractivity contribution in [3.05, 3.63) is 35.2 Å². The highest BCUT2D eigenvalue weighted by molar-refractivity contribution is 7.17. The van der Waals surface area contributed by atoms with Crippen LogP contribution in [-0.4, -0.2) is 60.5 Å². The van der Waals surface area contributed by atoms with Gasteiger partial charge in [0, 0.05) is 37.0 Å². The molecule has 2 saturated heterocycles. The number of nitrogens with zero attached hydrogens (tertiary/aromatic N) is 2. The maximum absolute atomic E-state index is 12.9. The molecule has 0 radical (unpaired) electrons. The monoisotopic (exact) mass is 384 g/mol. The average Bonchev–Trinajstić information content (AvgIpc) is 3.34. The third-order valence-electron chi connectivity index (χ3n) is 5.43. The van der Waals surface area contributed by atoms with Crippen molar-refractivity contribution in [3.8, 4) is 21.9 Å². The Hall–Kier alpha value is -2.54. The molecule has 1 aromatic heterocycles. The van der Waals surface area contributed by atoms with Gasteiger partial charge in [-0.2, -0.15) is 0 Å². The second kappa shape index (κ2) is 6.56. The Morgan fingerprint density at radius 2 is 1.93 bits per heavy atom. The van der Waals surface area contributed by atoms with E-state index >= 15 is 0 Å². The molecule has 7 heteroatoms. The molecule has 6 nitrogen and oxygen atoms in total. The zero-order chi connectivity index (χ0) is 18.4. The number of carbonyl (C=O) groups excluding carboxylic acids is 2. The van der Waals surface area contributed by atoms with Crippen LogP contribution in [0.25, 0.3) is 10.4 Å². The lowest BCUT2D eigenvalue weighted by molar-refractivity contribution is -0.130. The van der Waals surface area contributed by atoms with Gasteiger partial charge in [-0.25, -0.2) is 0 Å². The van der Waals surface area contributed by atoms with Crippen LogP contribution in [0.5, 0.6) is 11.5 Å². The van der Waals surface area contributed by atoms with Gasteiger partial charge < -0.3 is 19.3 Å². The SMILES string of the molecule is O=C(c1ccc(-c2ccc3c(c2)OCCO3)s1)N1CCN2C(=O)CCC2C1. The van der Waals surface area contributed by atoms with Gasteiger partial charge in [0.25, 0.3) is 5.91 Å². The summed E-state index contributed by atoms with van der Waals surface area (Å²) in [6.07, 6.45) is 1.47. The predicted molar refractivity (Wildman–Crippen MR) is 101 cm³/mol. The van der Waals surface area contributed by atoms with Gasteiger partial charge in [0.2, 0.25) is 5.91 Å². The van der Waals surface area contributed by atoms with Crippen LogP contribution in [0.15, 0.2) is 30.3 Å². The van der Waals surface area contributed by atoms with Crippen molar-refractivity contribution < 1.29 is 19.1 Å². The third kappa shape index (κ3) is 2.96. The Kier molecular flexibility index (Phi) is 4.04. The highest BCUT2D eigenvalue weighted by Gasteiger charge is 2.37. The van der Waals surface area contributed by atoms with E-state index in [1.165, 1.54) is 11.3 Å². The van der Waals surface area contributed by atoms with E-state index < -0.39 is 0 Å². The number of carbonyl (C=O) groups is 2. The van der Waals surface area contributed by atoms with Crippen molar-refractivity contribution in [1.82, 2.24) is 9.80 Å².